The first-order valence-corrected chi connectivity index (χ1v) is 12.2. The van der Waals surface area contributed by atoms with E-state index in [0.29, 0.717) is 35.8 Å². The van der Waals surface area contributed by atoms with E-state index in [-0.39, 0.29) is 5.91 Å². The van der Waals surface area contributed by atoms with Gasteiger partial charge in [0.25, 0.3) is 10.0 Å². The number of hydrogen-bond acceptors (Lipinski definition) is 4. The molecule has 5 nitrogen and oxygen atoms in total. The molecule has 1 amide bonds. The third-order valence-corrected chi connectivity index (χ3v) is 9.27. The first-order valence-electron chi connectivity index (χ1n) is 9.96. The monoisotopic (exact) mass is 396 g/mol. The summed E-state index contributed by atoms with van der Waals surface area (Å²) >= 11 is 1.28. The van der Waals surface area contributed by atoms with Crippen LogP contribution >= 0.6 is 11.3 Å². The summed E-state index contributed by atoms with van der Waals surface area (Å²) in [6.07, 6.45) is 10.3. The molecular weight excluding hydrogens is 368 g/mol. The van der Waals surface area contributed by atoms with E-state index < -0.39 is 10.0 Å². The Morgan fingerprint density at radius 2 is 1.65 bits per heavy atom. The van der Waals surface area contributed by atoms with Crippen LogP contribution in [0.25, 0.3) is 0 Å². The Balaban J connectivity index is 1.45. The van der Waals surface area contributed by atoms with Gasteiger partial charge in [-0.05, 0) is 50.7 Å². The molecule has 4 rings (SSSR count). The first kappa shape index (κ1) is 18.4. The highest BCUT2D eigenvalue weighted by atomic mass is 32.2. The number of sulfonamides is 1. The Morgan fingerprint density at radius 1 is 1.00 bits per heavy atom. The molecule has 1 saturated heterocycles. The average Bonchev–Trinajstić information content (AvgIpc) is 3.10. The standard InChI is InChI=1S/C19H28N2O3S2/c22-18(21(16-8-9-16)15-6-2-3-7-15)14-17-10-11-19(25-17)26(23,24)20-12-4-1-5-13-20/h10-11,15-16H,1-9,12-14H2. The second-order valence-electron chi connectivity index (χ2n) is 7.83. The maximum Gasteiger partial charge on any atom is 0.252 e. The molecule has 1 aromatic heterocycles. The lowest BCUT2D eigenvalue weighted by molar-refractivity contribution is -0.133. The van der Waals surface area contributed by atoms with Gasteiger partial charge in [0.15, 0.2) is 0 Å². The lowest BCUT2D eigenvalue weighted by Gasteiger charge is -2.29. The molecule has 0 bridgehead atoms. The van der Waals surface area contributed by atoms with Crippen LogP contribution in [0.15, 0.2) is 16.3 Å². The molecule has 2 heterocycles. The molecule has 0 N–H and O–H groups in total. The highest BCUT2D eigenvalue weighted by Crippen LogP contribution is 2.35. The summed E-state index contributed by atoms with van der Waals surface area (Å²) in [7, 11) is -3.39. The Hall–Kier alpha value is -0.920. The van der Waals surface area contributed by atoms with Crippen molar-refractivity contribution in [3.05, 3.63) is 17.0 Å². The summed E-state index contributed by atoms with van der Waals surface area (Å²) in [5, 5.41) is 0. The smallest absolute Gasteiger partial charge is 0.252 e. The molecule has 3 aliphatic rings. The van der Waals surface area contributed by atoms with Crippen LogP contribution in [-0.2, 0) is 21.2 Å². The molecule has 0 spiro atoms. The number of nitrogens with zero attached hydrogens (tertiary/aromatic N) is 2. The molecule has 0 unspecified atom stereocenters. The Labute approximate surface area is 160 Å². The van der Waals surface area contributed by atoms with Gasteiger partial charge in [0.2, 0.25) is 5.91 Å². The number of carbonyl (C=O) groups is 1. The van der Waals surface area contributed by atoms with Crippen LogP contribution in [0.5, 0.6) is 0 Å². The predicted molar refractivity (Wildman–Crippen MR) is 103 cm³/mol. The van der Waals surface area contributed by atoms with E-state index in [4.69, 9.17) is 0 Å². The van der Waals surface area contributed by atoms with Gasteiger partial charge in [0.1, 0.15) is 4.21 Å². The van der Waals surface area contributed by atoms with Crippen LogP contribution in [0.2, 0.25) is 0 Å². The highest BCUT2D eigenvalue weighted by Gasteiger charge is 2.38. The SMILES string of the molecule is O=C(Cc1ccc(S(=O)(=O)N2CCCCC2)s1)N(C1CCCC1)C1CC1. The van der Waals surface area contributed by atoms with Gasteiger partial charge < -0.3 is 4.90 Å². The maximum absolute atomic E-state index is 12.9. The minimum Gasteiger partial charge on any atom is -0.336 e. The zero-order valence-electron chi connectivity index (χ0n) is 15.2. The normalized spacial score (nSPS) is 22.6. The summed E-state index contributed by atoms with van der Waals surface area (Å²) < 4.78 is 27.6. The third-order valence-electron chi connectivity index (χ3n) is 5.82. The van der Waals surface area contributed by atoms with Gasteiger partial charge in [-0.1, -0.05) is 19.3 Å². The number of carbonyl (C=O) groups excluding carboxylic acids is 1. The van der Waals surface area contributed by atoms with Crippen LogP contribution in [-0.4, -0.2) is 48.7 Å². The number of hydrogen-bond donors (Lipinski definition) is 0. The molecule has 0 radical (unpaired) electrons. The number of rotatable bonds is 6. The first-order chi connectivity index (χ1) is 12.6. The third kappa shape index (κ3) is 3.85. The van der Waals surface area contributed by atoms with Crippen molar-refractivity contribution in [2.75, 3.05) is 13.1 Å². The minimum absolute atomic E-state index is 0.183. The summed E-state index contributed by atoms with van der Waals surface area (Å²) in [5.41, 5.74) is 0. The van der Waals surface area contributed by atoms with Crippen LogP contribution in [0.3, 0.4) is 0 Å². The molecule has 0 atom stereocenters. The van der Waals surface area contributed by atoms with Gasteiger partial charge >= 0.3 is 0 Å². The van der Waals surface area contributed by atoms with E-state index in [1.54, 1.807) is 10.4 Å². The van der Waals surface area contributed by atoms with Crippen molar-refractivity contribution in [3.63, 3.8) is 0 Å². The van der Waals surface area contributed by atoms with E-state index in [2.05, 4.69) is 4.90 Å². The van der Waals surface area contributed by atoms with Crippen molar-refractivity contribution in [2.45, 2.75) is 80.5 Å². The number of amides is 1. The van der Waals surface area contributed by atoms with Crippen molar-refractivity contribution >= 4 is 27.3 Å². The second kappa shape index (κ2) is 7.60. The molecule has 144 valence electrons. The molecule has 26 heavy (non-hydrogen) atoms. The molecule has 3 fully saturated rings. The zero-order chi connectivity index (χ0) is 18.1. The summed E-state index contributed by atoms with van der Waals surface area (Å²) in [6, 6.07) is 4.36. The van der Waals surface area contributed by atoms with Gasteiger partial charge in [-0.25, -0.2) is 8.42 Å². The fourth-order valence-electron chi connectivity index (χ4n) is 4.31. The van der Waals surface area contributed by atoms with Crippen molar-refractivity contribution < 1.29 is 13.2 Å². The van der Waals surface area contributed by atoms with Gasteiger partial charge in [-0.3, -0.25) is 4.79 Å². The van der Waals surface area contributed by atoms with Gasteiger partial charge in [0, 0.05) is 30.1 Å². The summed E-state index contributed by atoms with van der Waals surface area (Å²) in [5.74, 6) is 0.183. The summed E-state index contributed by atoms with van der Waals surface area (Å²) in [6.45, 7) is 1.23. The predicted octanol–water partition coefficient (Wildman–Crippen LogP) is 3.40. The van der Waals surface area contributed by atoms with Gasteiger partial charge in [-0.15, -0.1) is 11.3 Å². The van der Waals surface area contributed by atoms with Gasteiger partial charge in [0.05, 0.1) is 6.42 Å². The second-order valence-corrected chi connectivity index (χ2v) is 11.2. The Morgan fingerprint density at radius 3 is 2.31 bits per heavy atom. The van der Waals surface area contributed by atoms with E-state index >= 15 is 0 Å². The fraction of sp³-hybridized carbons (Fsp3) is 0.737. The topological polar surface area (TPSA) is 57.7 Å². The van der Waals surface area contributed by atoms with Crippen molar-refractivity contribution in [1.82, 2.24) is 9.21 Å². The molecule has 7 heteroatoms. The number of thiophene rings is 1. The number of piperidine rings is 1. The fourth-order valence-corrected chi connectivity index (χ4v) is 7.32. The average molecular weight is 397 g/mol. The highest BCUT2D eigenvalue weighted by molar-refractivity contribution is 7.91. The lowest BCUT2D eigenvalue weighted by atomic mass is 10.2. The van der Waals surface area contributed by atoms with Gasteiger partial charge in [-0.2, -0.15) is 4.31 Å². The zero-order valence-corrected chi connectivity index (χ0v) is 16.9. The molecule has 2 aliphatic carbocycles. The molecule has 1 aliphatic heterocycles. The van der Waals surface area contributed by atoms with E-state index in [1.165, 1.54) is 24.2 Å². The van der Waals surface area contributed by atoms with E-state index in [9.17, 15) is 13.2 Å². The van der Waals surface area contributed by atoms with Crippen LogP contribution < -0.4 is 0 Å². The molecule has 1 aromatic rings. The van der Waals surface area contributed by atoms with Crippen molar-refractivity contribution in [1.29, 1.82) is 0 Å². The van der Waals surface area contributed by atoms with Crippen molar-refractivity contribution in [3.8, 4) is 0 Å². The van der Waals surface area contributed by atoms with Crippen LogP contribution in [0.4, 0.5) is 0 Å². The van der Waals surface area contributed by atoms with E-state index in [0.717, 1.165) is 49.8 Å². The van der Waals surface area contributed by atoms with E-state index in [1.807, 2.05) is 6.07 Å². The molecular formula is C19H28N2O3S2. The minimum atomic E-state index is -3.39. The maximum atomic E-state index is 12.9. The lowest BCUT2D eigenvalue weighted by Crippen LogP contribution is -2.41. The largest absolute Gasteiger partial charge is 0.336 e. The Bertz CT molecular complexity index is 743. The van der Waals surface area contributed by atoms with Crippen LogP contribution in [0, 0.1) is 0 Å². The summed E-state index contributed by atoms with van der Waals surface area (Å²) in [4.78, 5) is 15.9. The Kier molecular flexibility index (Phi) is 5.39. The van der Waals surface area contributed by atoms with Crippen molar-refractivity contribution in [2.24, 2.45) is 0 Å². The quantitative estimate of drug-likeness (QED) is 0.740. The van der Waals surface area contributed by atoms with Crippen LogP contribution in [0.1, 0.15) is 62.7 Å². The molecule has 2 saturated carbocycles. The molecule has 0 aromatic carbocycles.